The van der Waals surface area contributed by atoms with E-state index in [1.807, 2.05) is 25.1 Å². The summed E-state index contributed by atoms with van der Waals surface area (Å²) in [5.74, 6) is -0.329. The average molecular weight is 286 g/mol. The van der Waals surface area contributed by atoms with Crippen LogP contribution in [-0.2, 0) is 6.54 Å². The van der Waals surface area contributed by atoms with Crippen LogP contribution in [0.2, 0.25) is 0 Å². The van der Waals surface area contributed by atoms with Gasteiger partial charge in [0, 0.05) is 12.1 Å². The molecule has 0 N–H and O–H groups in total. The largest absolute Gasteiger partial charge is 0.336 e. The molecule has 112 valence electrons. The number of imidazole rings is 1. The Hall–Kier alpha value is -2.10. The Balaban J connectivity index is 2.64. The monoisotopic (exact) mass is 286 g/mol. The third-order valence-electron chi connectivity index (χ3n) is 3.64. The van der Waals surface area contributed by atoms with Crippen LogP contribution in [-0.4, -0.2) is 15.0 Å². The fourth-order valence-corrected chi connectivity index (χ4v) is 2.49. The standard InChI is InChI=1S/C17H22N2O2/c1-5-6-7-10-18-14-9-8-13(4)11-15(14)19(17(18)21)16(20)12(2)3/h8-9,11H,2,5-7,10H2,1,3-4H3. The summed E-state index contributed by atoms with van der Waals surface area (Å²) in [4.78, 5) is 24.9. The predicted molar refractivity (Wildman–Crippen MR) is 85.9 cm³/mol. The third-order valence-corrected chi connectivity index (χ3v) is 3.64. The topological polar surface area (TPSA) is 44.0 Å². The Morgan fingerprint density at radius 1 is 1.24 bits per heavy atom. The molecule has 4 nitrogen and oxygen atoms in total. The lowest BCUT2D eigenvalue weighted by Gasteiger charge is -2.02. The molecule has 4 heteroatoms. The third kappa shape index (κ3) is 2.84. The lowest BCUT2D eigenvalue weighted by molar-refractivity contribution is 0.0955. The molecule has 0 fully saturated rings. The lowest BCUT2D eigenvalue weighted by atomic mass is 10.2. The van der Waals surface area contributed by atoms with Gasteiger partial charge in [-0.05, 0) is 38.0 Å². The number of hydrogen-bond donors (Lipinski definition) is 0. The summed E-state index contributed by atoms with van der Waals surface area (Å²) < 4.78 is 2.95. The second-order valence-corrected chi connectivity index (χ2v) is 5.55. The minimum atomic E-state index is -0.329. The van der Waals surface area contributed by atoms with E-state index in [2.05, 4.69) is 13.5 Å². The molecule has 0 aliphatic carbocycles. The summed E-state index contributed by atoms with van der Waals surface area (Å²) in [6, 6.07) is 5.77. The quantitative estimate of drug-likeness (QED) is 0.623. The van der Waals surface area contributed by atoms with Crippen molar-refractivity contribution in [1.82, 2.24) is 9.13 Å². The van der Waals surface area contributed by atoms with Crippen LogP contribution >= 0.6 is 0 Å². The maximum absolute atomic E-state index is 12.6. The van der Waals surface area contributed by atoms with Gasteiger partial charge in [-0.3, -0.25) is 9.36 Å². The Morgan fingerprint density at radius 2 is 1.95 bits per heavy atom. The minimum absolute atomic E-state index is 0.264. The number of allylic oxidation sites excluding steroid dienone is 1. The van der Waals surface area contributed by atoms with E-state index < -0.39 is 0 Å². The van der Waals surface area contributed by atoms with Crippen LogP contribution in [0, 0.1) is 6.92 Å². The number of nitrogens with zero attached hydrogens (tertiary/aromatic N) is 2. The molecule has 0 amide bonds. The molecule has 0 radical (unpaired) electrons. The fraction of sp³-hybridized carbons (Fsp3) is 0.412. The second kappa shape index (κ2) is 6.12. The molecular weight excluding hydrogens is 264 g/mol. The van der Waals surface area contributed by atoms with E-state index in [0.717, 1.165) is 30.3 Å². The molecule has 2 aromatic rings. The number of carbonyl (C=O) groups excluding carboxylic acids is 1. The molecule has 0 aliphatic heterocycles. The number of rotatable bonds is 5. The Kier molecular flexibility index (Phi) is 4.46. The molecule has 1 aromatic heterocycles. The first kappa shape index (κ1) is 15.3. The number of unbranched alkanes of at least 4 members (excludes halogenated alkanes) is 2. The van der Waals surface area contributed by atoms with Gasteiger partial charge in [0.2, 0.25) is 0 Å². The zero-order valence-corrected chi connectivity index (χ0v) is 13.0. The van der Waals surface area contributed by atoms with Gasteiger partial charge >= 0.3 is 5.69 Å². The molecule has 0 saturated carbocycles. The van der Waals surface area contributed by atoms with Crippen molar-refractivity contribution in [2.75, 3.05) is 0 Å². The molecule has 2 rings (SSSR count). The lowest BCUT2D eigenvalue weighted by Crippen LogP contribution is -2.29. The highest BCUT2D eigenvalue weighted by atomic mass is 16.2. The van der Waals surface area contributed by atoms with Gasteiger partial charge in [0.05, 0.1) is 11.0 Å². The maximum atomic E-state index is 12.6. The summed E-state index contributed by atoms with van der Waals surface area (Å²) in [5, 5.41) is 0. The van der Waals surface area contributed by atoms with E-state index in [1.54, 1.807) is 11.5 Å². The van der Waals surface area contributed by atoms with E-state index in [9.17, 15) is 9.59 Å². The summed E-state index contributed by atoms with van der Waals surface area (Å²) >= 11 is 0. The summed E-state index contributed by atoms with van der Waals surface area (Å²) in [6.45, 7) is 10.0. The molecule has 21 heavy (non-hydrogen) atoms. The van der Waals surface area contributed by atoms with Crippen molar-refractivity contribution in [2.45, 2.75) is 46.6 Å². The van der Waals surface area contributed by atoms with E-state index >= 15 is 0 Å². The van der Waals surface area contributed by atoms with E-state index in [1.165, 1.54) is 4.57 Å². The summed E-state index contributed by atoms with van der Waals surface area (Å²) in [6.07, 6.45) is 3.10. The van der Waals surface area contributed by atoms with Gasteiger partial charge < -0.3 is 0 Å². The highest BCUT2D eigenvalue weighted by Crippen LogP contribution is 2.17. The van der Waals surface area contributed by atoms with Crippen molar-refractivity contribution in [3.8, 4) is 0 Å². The van der Waals surface area contributed by atoms with Gasteiger partial charge in [-0.25, -0.2) is 9.36 Å². The van der Waals surface area contributed by atoms with Crippen molar-refractivity contribution in [3.63, 3.8) is 0 Å². The first-order valence-electron chi connectivity index (χ1n) is 7.39. The minimum Gasteiger partial charge on any atom is -0.292 e. The zero-order chi connectivity index (χ0) is 15.6. The van der Waals surface area contributed by atoms with E-state index in [4.69, 9.17) is 0 Å². The first-order valence-corrected chi connectivity index (χ1v) is 7.39. The van der Waals surface area contributed by atoms with Crippen LogP contribution in [0.25, 0.3) is 11.0 Å². The summed E-state index contributed by atoms with van der Waals surface area (Å²) in [7, 11) is 0. The Bertz CT molecular complexity index is 750. The highest BCUT2D eigenvalue weighted by Gasteiger charge is 2.18. The number of aryl methyl sites for hydroxylation is 2. The smallest absolute Gasteiger partial charge is 0.292 e. The number of benzene rings is 1. The second-order valence-electron chi connectivity index (χ2n) is 5.55. The van der Waals surface area contributed by atoms with Gasteiger partial charge in [-0.1, -0.05) is 32.4 Å². The van der Waals surface area contributed by atoms with Crippen LogP contribution in [0.15, 0.2) is 35.1 Å². The van der Waals surface area contributed by atoms with Crippen molar-refractivity contribution in [2.24, 2.45) is 0 Å². The molecule has 0 unspecified atom stereocenters. The van der Waals surface area contributed by atoms with Gasteiger partial charge in [-0.15, -0.1) is 0 Å². The van der Waals surface area contributed by atoms with Crippen LogP contribution in [0.3, 0.4) is 0 Å². The van der Waals surface area contributed by atoms with Crippen molar-refractivity contribution in [1.29, 1.82) is 0 Å². The molecule has 0 spiro atoms. The normalized spacial score (nSPS) is 11.0. The van der Waals surface area contributed by atoms with Crippen LogP contribution in [0.5, 0.6) is 0 Å². The number of fused-ring (bicyclic) bond motifs is 1. The van der Waals surface area contributed by atoms with Crippen LogP contribution in [0.1, 0.15) is 43.5 Å². The zero-order valence-electron chi connectivity index (χ0n) is 13.0. The summed E-state index contributed by atoms with van der Waals surface area (Å²) in [5.41, 5.74) is 2.61. The van der Waals surface area contributed by atoms with Crippen molar-refractivity contribution in [3.05, 3.63) is 46.4 Å². The highest BCUT2D eigenvalue weighted by molar-refractivity contribution is 6.00. The van der Waals surface area contributed by atoms with Crippen molar-refractivity contribution < 1.29 is 4.79 Å². The molecular formula is C17H22N2O2. The van der Waals surface area contributed by atoms with Gasteiger partial charge in [0.1, 0.15) is 0 Å². The molecule has 0 bridgehead atoms. The van der Waals surface area contributed by atoms with Gasteiger partial charge in [0.25, 0.3) is 5.91 Å². The van der Waals surface area contributed by atoms with E-state index in [0.29, 0.717) is 17.6 Å². The predicted octanol–water partition coefficient (Wildman–Crippen LogP) is 3.52. The maximum Gasteiger partial charge on any atom is 0.336 e. The molecule has 1 heterocycles. The molecule has 0 aliphatic rings. The van der Waals surface area contributed by atoms with E-state index in [-0.39, 0.29) is 11.6 Å². The molecule has 1 aromatic carbocycles. The average Bonchev–Trinajstić information content (AvgIpc) is 2.70. The SMILES string of the molecule is C=C(C)C(=O)n1c(=O)n(CCCCC)c2ccc(C)cc21. The number of hydrogen-bond acceptors (Lipinski definition) is 2. The first-order chi connectivity index (χ1) is 9.97. The van der Waals surface area contributed by atoms with Gasteiger partial charge in [0.15, 0.2) is 0 Å². The van der Waals surface area contributed by atoms with Crippen LogP contribution in [0.4, 0.5) is 0 Å². The van der Waals surface area contributed by atoms with Crippen molar-refractivity contribution >= 4 is 16.9 Å². The number of carbonyl (C=O) groups is 1. The Labute approximate surface area is 124 Å². The van der Waals surface area contributed by atoms with Crippen LogP contribution < -0.4 is 5.69 Å². The molecule has 0 atom stereocenters. The Morgan fingerprint density at radius 3 is 2.57 bits per heavy atom. The van der Waals surface area contributed by atoms with Gasteiger partial charge in [-0.2, -0.15) is 0 Å². The number of aromatic nitrogens is 2. The molecule has 0 saturated heterocycles. The fourth-order valence-electron chi connectivity index (χ4n) is 2.49.